The summed E-state index contributed by atoms with van der Waals surface area (Å²) >= 11 is 0. The van der Waals surface area contributed by atoms with Gasteiger partial charge in [0.25, 0.3) is 5.91 Å². The molecule has 26 heavy (non-hydrogen) atoms. The summed E-state index contributed by atoms with van der Waals surface area (Å²) < 4.78 is 0. The second-order valence-electron chi connectivity index (χ2n) is 7.34. The minimum atomic E-state index is -0.502. The number of rotatable bonds is 4. The highest BCUT2D eigenvalue weighted by molar-refractivity contribution is 6.19. The van der Waals surface area contributed by atoms with Crippen LogP contribution in [0, 0.1) is 5.92 Å². The zero-order valence-electron chi connectivity index (χ0n) is 15.2. The minimum absolute atomic E-state index is 0.0520. The zero-order valence-corrected chi connectivity index (χ0v) is 15.2. The van der Waals surface area contributed by atoms with Crippen LogP contribution in [0.25, 0.3) is 0 Å². The number of amides is 1. The number of nitrogens with one attached hydrogen (secondary N) is 1. The van der Waals surface area contributed by atoms with E-state index in [0.29, 0.717) is 5.92 Å². The normalized spacial score (nSPS) is 20.5. The van der Waals surface area contributed by atoms with Crippen LogP contribution in [0.4, 0.5) is 5.69 Å². The molecule has 1 atom stereocenters. The molecule has 134 valence electrons. The van der Waals surface area contributed by atoms with E-state index in [-0.39, 0.29) is 5.91 Å². The van der Waals surface area contributed by atoms with Gasteiger partial charge in [-0.05, 0) is 31.9 Å². The molecule has 4 rings (SSSR count). The van der Waals surface area contributed by atoms with Crippen LogP contribution in [-0.2, 0) is 4.79 Å². The van der Waals surface area contributed by atoms with Gasteiger partial charge in [-0.3, -0.25) is 14.7 Å². The Kier molecular flexibility index (Phi) is 4.85. The first-order chi connectivity index (χ1) is 12.7. The van der Waals surface area contributed by atoms with E-state index in [0.717, 1.165) is 29.1 Å². The van der Waals surface area contributed by atoms with Gasteiger partial charge in [-0.15, -0.1) is 0 Å². The molecule has 2 aromatic rings. The summed E-state index contributed by atoms with van der Waals surface area (Å²) in [5.74, 6) is 0.623. The van der Waals surface area contributed by atoms with E-state index in [1.807, 2.05) is 49.5 Å². The molecule has 1 aliphatic carbocycles. The molecular weight excluding hydrogens is 322 g/mol. The van der Waals surface area contributed by atoms with Crippen LogP contribution in [0.1, 0.15) is 36.8 Å². The highest BCUT2D eigenvalue weighted by Gasteiger charge is 2.30. The molecule has 0 radical (unpaired) electrons. The van der Waals surface area contributed by atoms with Crippen LogP contribution in [0.2, 0.25) is 0 Å². The van der Waals surface area contributed by atoms with Crippen LogP contribution in [-0.4, -0.2) is 36.3 Å². The monoisotopic (exact) mass is 347 g/mol. The molecule has 1 fully saturated rings. The molecular formula is C22H25N3O. The number of hydrogen-bond donors (Lipinski definition) is 1. The smallest absolute Gasteiger partial charge is 0.264 e. The lowest BCUT2D eigenvalue weighted by molar-refractivity contribution is -0.120. The Bertz CT molecular complexity index is 809. The predicted octanol–water partition coefficient (Wildman–Crippen LogP) is 3.92. The van der Waals surface area contributed by atoms with Gasteiger partial charge in [0.2, 0.25) is 0 Å². The van der Waals surface area contributed by atoms with Crippen LogP contribution in [0.15, 0.2) is 59.6 Å². The van der Waals surface area contributed by atoms with Crippen LogP contribution < -0.4 is 5.32 Å². The number of carbonyl (C=O) groups is 1. The molecule has 2 aliphatic rings. The zero-order chi connectivity index (χ0) is 17.9. The molecule has 0 spiro atoms. The van der Waals surface area contributed by atoms with Crippen LogP contribution in [0.3, 0.4) is 0 Å². The molecule has 0 saturated heterocycles. The average molecular weight is 347 g/mol. The lowest BCUT2D eigenvalue weighted by Crippen LogP contribution is -2.42. The van der Waals surface area contributed by atoms with E-state index in [4.69, 9.17) is 4.99 Å². The van der Waals surface area contributed by atoms with E-state index in [9.17, 15) is 4.79 Å². The first-order valence-electron chi connectivity index (χ1n) is 9.46. The number of nitrogens with zero attached hydrogens (tertiary/aromatic N) is 2. The third-order valence-corrected chi connectivity index (χ3v) is 5.41. The van der Waals surface area contributed by atoms with E-state index in [2.05, 4.69) is 22.3 Å². The van der Waals surface area contributed by atoms with Crippen molar-refractivity contribution in [1.29, 1.82) is 0 Å². The Balaban J connectivity index is 1.72. The molecule has 0 aromatic heterocycles. The minimum Gasteiger partial charge on any atom is -0.322 e. The largest absolute Gasteiger partial charge is 0.322 e. The quantitative estimate of drug-likeness (QED) is 0.911. The summed E-state index contributed by atoms with van der Waals surface area (Å²) in [6.07, 6.45) is 4.62. The second kappa shape index (κ2) is 7.42. The maximum atomic E-state index is 12.9. The van der Waals surface area contributed by atoms with Crippen molar-refractivity contribution in [3.8, 4) is 0 Å². The molecule has 0 bridgehead atoms. The van der Waals surface area contributed by atoms with Crippen molar-refractivity contribution in [2.75, 3.05) is 18.9 Å². The highest BCUT2D eigenvalue weighted by atomic mass is 16.2. The Morgan fingerprint density at radius 2 is 1.73 bits per heavy atom. The average Bonchev–Trinajstić information content (AvgIpc) is 3.11. The SMILES string of the molecule is CN(CC1CCCC1)C1N=C(c2ccccc2)c2ccccc2NC1=O. The topological polar surface area (TPSA) is 44.7 Å². The molecule has 2 aromatic carbocycles. The fraction of sp³-hybridized carbons (Fsp3) is 0.364. The Morgan fingerprint density at radius 3 is 2.50 bits per heavy atom. The summed E-state index contributed by atoms with van der Waals surface area (Å²) in [7, 11) is 2.02. The van der Waals surface area contributed by atoms with Gasteiger partial charge >= 0.3 is 0 Å². The Hall–Kier alpha value is -2.46. The predicted molar refractivity (Wildman–Crippen MR) is 106 cm³/mol. The summed E-state index contributed by atoms with van der Waals surface area (Å²) in [4.78, 5) is 20.0. The van der Waals surface area contributed by atoms with Gasteiger partial charge in [0, 0.05) is 17.7 Å². The van der Waals surface area contributed by atoms with Gasteiger partial charge in [0.15, 0.2) is 6.17 Å². The molecule has 4 nitrogen and oxygen atoms in total. The van der Waals surface area contributed by atoms with E-state index >= 15 is 0 Å². The number of hydrogen-bond acceptors (Lipinski definition) is 3. The molecule has 4 heteroatoms. The molecule has 1 unspecified atom stereocenters. The number of likely N-dealkylation sites (N-methyl/N-ethyl adjacent to an activating group) is 1. The lowest BCUT2D eigenvalue weighted by atomic mass is 10.0. The number of para-hydroxylation sites is 1. The molecule has 1 saturated carbocycles. The second-order valence-corrected chi connectivity index (χ2v) is 7.34. The van der Waals surface area contributed by atoms with Crippen LogP contribution in [0.5, 0.6) is 0 Å². The van der Waals surface area contributed by atoms with Gasteiger partial charge in [-0.2, -0.15) is 0 Å². The van der Waals surface area contributed by atoms with E-state index in [1.54, 1.807) is 0 Å². The third-order valence-electron chi connectivity index (χ3n) is 5.41. The van der Waals surface area contributed by atoms with Crippen molar-refractivity contribution in [1.82, 2.24) is 4.90 Å². The maximum absolute atomic E-state index is 12.9. The van der Waals surface area contributed by atoms with Gasteiger partial charge in [0.05, 0.1) is 11.4 Å². The number of carbonyl (C=O) groups excluding carboxylic acids is 1. The standard InChI is InChI=1S/C22H25N3O/c1-25(15-16-9-5-6-10-16)21-22(26)23-19-14-8-7-13-18(19)20(24-21)17-11-3-2-4-12-17/h2-4,7-8,11-14,16,21H,5-6,9-10,15H2,1H3,(H,23,26). The van der Waals surface area contributed by atoms with Crippen molar-refractivity contribution in [2.24, 2.45) is 10.9 Å². The van der Waals surface area contributed by atoms with Crippen molar-refractivity contribution in [3.63, 3.8) is 0 Å². The molecule has 1 aliphatic heterocycles. The Labute approximate surface area is 154 Å². The maximum Gasteiger partial charge on any atom is 0.264 e. The number of fused-ring (bicyclic) bond motifs is 1. The fourth-order valence-corrected chi connectivity index (χ4v) is 4.07. The van der Waals surface area contributed by atoms with Crippen molar-refractivity contribution < 1.29 is 4.79 Å². The van der Waals surface area contributed by atoms with Gasteiger partial charge in [-0.25, -0.2) is 0 Å². The van der Waals surface area contributed by atoms with Crippen LogP contribution >= 0.6 is 0 Å². The fourth-order valence-electron chi connectivity index (χ4n) is 4.07. The van der Waals surface area contributed by atoms with E-state index < -0.39 is 6.17 Å². The molecule has 1 amide bonds. The lowest BCUT2D eigenvalue weighted by Gasteiger charge is -2.26. The van der Waals surface area contributed by atoms with Crippen molar-refractivity contribution >= 4 is 17.3 Å². The number of benzodiazepines with no additional fused rings is 1. The van der Waals surface area contributed by atoms with Gasteiger partial charge in [0.1, 0.15) is 0 Å². The van der Waals surface area contributed by atoms with E-state index in [1.165, 1.54) is 25.7 Å². The summed E-state index contributed by atoms with van der Waals surface area (Å²) in [5.41, 5.74) is 3.72. The highest BCUT2D eigenvalue weighted by Crippen LogP contribution is 2.28. The van der Waals surface area contributed by atoms with Gasteiger partial charge in [-0.1, -0.05) is 61.4 Å². The van der Waals surface area contributed by atoms with Gasteiger partial charge < -0.3 is 5.32 Å². The summed E-state index contributed by atoms with van der Waals surface area (Å²) in [6.45, 7) is 0.917. The summed E-state index contributed by atoms with van der Waals surface area (Å²) in [5, 5.41) is 3.08. The number of aliphatic imine (C=N–C) groups is 1. The summed E-state index contributed by atoms with van der Waals surface area (Å²) in [6, 6.07) is 18.1. The first kappa shape index (κ1) is 17.0. The number of anilines is 1. The third kappa shape index (κ3) is 3.42. The van der Waals surface area contributed by atoms with Crippen molar-refractivity contribution in [3.05, 3.63) is 65.7 Å². The Morgan fingerprint density at radius 1 is 1.04 bits per heavy atom. The number of benzene rings is 2. The first-order valence-corrected chi connectivity index (χ1v) is 9.46. The van der Waals surface area contributed by atoms with Crippen molar-refractivity contribution in [2.45, 2.75) is 31.8 Å². The molecule has 1 heterocycles. The molecule has 1 N–H and O–H groups in total.